The molecule has 0 aliphatic rings. The summed E-state index contributed by atoms with van der Waals surface area (Å²) in [6.45, 7) is -4.76. The number of nitrogens with zero attached hydrogens (tertiary/aromatic N) is 1. The van der Waals surface area contributed by atoms with Crippen molar-refractivity contribution >= 4 is 22.4 Å². The second kappa shape index (κ2) is 10.7. The number of rotatable bonds is 10. The van der Waals surface area contributed by atoms with E-state index < -0.39 is 31.5 Å². The number of halogens is 6. The van der Waals surface area contributed by atoms with E-state index in [-0.39, 0.29) is 23.1 Å². The van der Waals surface area contributed by atoms with Gasteiger partial charge in [-0.05, 0) is 42.0 Å². The number of hydrogen-bond acceptors (Lipinski definition) is 5. The van der Waals surface area contributed by atoms with E-state index in [0.29, 0.717) is 16.8 Å². The third-order valence-electron chi connectivity index (χ3n) is 4.17. The summed E-state index contributed by atoms with van der Waals surface area (Å²) in [6.07, 6.45) is -3.83. The lowest BCUT2D eigenvalue weighted by Crippen LogP contribution is -2.32. The number of carbonyl (C=O) groups is 1. The van der Waals surface area contributed by atoms with Crippen LogP contribution >= 0.6 is 11.3 Å². The third-order valence-corrected chi connectivity index (χ3v) is 4.93. The van der Waals surface area contributed by atoms with Crippen molar-refractivity contribution in [2.75, 3.05) is 11.9 Å². The highest BCUT2D eigenvalue weighted by molar-refractivity contribution is 7.14. The molecule has 3 aromatic rings. The molecule has 0 spiro atoms. The van der Waals surface area contributed by atoms with E-state index in [0.717, 1.165) is 11.3 Å². The summed E-state index contributed by atoms with van der Waals surface area (Å²) in [6, 6.07) is 11.7. The number of alkyl halides is 6. The van der Waals surface area contributed by atoms with Gasteiger partial charge < -0.3 is 9.47 Å². The minimum atomic E-state index is -4.26. The molecule has 1 amide bonds. The first-order valence-corrected chi connectivity index (χ1v) is 10.2. The first-order valence-electron chi connectivity index (χ1n) is 9.29. The lowest BCUT2D eigenvalue weighted by atomic mass is 10.1. The molecule has 0 radical (unpaired) electrons. The second-order valence-electron chi connectivity index (χ2n) is 6.65. The van der Waals surface area contributed by atoms with Crippen molar-refractivity contribution in [2.45, 2.75) is 25.6 Å². The number of nitrogens with one attached hydrogen (secondary N) is 1. The molecule has 0 aliphatic carbocycles. The monoisotopic (exact) mass is 490 g/mol. The first-order chi connectivity index (χ1) is 15.6. The molecule has 176 valence electrons. The lowest BCUT2D eigenvalue weighted by molar-refractivity contribution is -0.168. The minimum absolute atomic E-state index is 0.000655. The average molecular weight is 490 g/mol. The van der Waals surface area contributed by atoms with Crippen LogP contribution in [0.25, 0.3) is 11.3 Å². The lowest BCUT2D eigenvalue weighted by Gasteiger charge is -2.15. The molecule has 12 heteroatoms. The molecule has 0 atom stereocenters. The Kier molecular flexibility index (Phi) is 7.92. The summed E-state index contributed by atoms with van der Waals surface area (Å²) in [7, 11) is 0. The Morgan fingerprint density at radius 1 is 1.09 bits per heavy atom. The highest BCUT2D eigenvalue weighted by atomic mass is 32.1. The number of aromatic nitrogens is 1. The summed E-state index contributed by atoms with van der Waals surface area (Å²) < 4.78 is 83.6. The van der Waals surface area contributed by atoms with Gasteiger partial charge in [0.05, 0.1) is 12.3 Å². The molecule has 33 heavy (non-hydrogen) atoms. The van der Waals surface area contributed by atoms with Crippen LogP contribution in [0.15, 0.2) is 53.9 Å². The molecular formula is C21H16F6N2O3S. The van der Waals surface area contributed by atoms with Gasteiger partial charge >= 0.3 is 19.0 Å². The Balaban J connectivity index is 1.59. The van der Waals surface area contributed by atoms with Crippen LogP contribution in [0.5, 0.6) is 5.75 Å². The zero-order valence-corrected chi connectivity index (χ0v) is 17.4. The first kappa shape index (κ1) is 24.5. The molecule has 0 aliphatic heterocycles. The summed E-state index contributed by atoms with van der Waals surface area (Å²) in [5.74, 6) is -4.79. The third kappa shape index (κ3) is 6.93. The molecule has 5 nitrogen and oxygen atoms in total. The molecule has 0 saturated carbocycles. The van der Waals surface area contributed by atoms with Gasteiger partial charge in [0, 0.05) is 16.5 Å². The van der Waals surface area contributed by atoms with Crippen LogP contribution in [-0.4, -0.2) is 36.5 Å². The fourth-order valence-electron chi connectivity index (χ4n) is 2.61. The van der Waals surface area contributed by atoms with E-state index in [2.05, 4.69) is 19.8 Å². The van der Waals surface area contributed by atoms with Crippen LogP contribution in [0.4, 0.5) is 31.5 Å². The zero-order valence-electron chi connectivity index (χ0n) is 16.6. The summed E-state index contributed by atoms with van der Waals surface area (Å²) in [4.78, 5) is 16.8. The SMILES string of the molecule is O=C(Nc1nc(-c2ccc(OC(F)F)cc2)cs1)c1cccc(COCC(F)(F)C(F)F)c1. The van der Waals surface area contributed by atoms with Gasteiger partial charge in [0.2, 0.25) is 0 Å². The maximum absolute atomic E-state index is 12.9. The topological polar surface area (TPSA) is 60.5 Å². The highest BCUT2D eigenvalue weighted by Gasteiger charge is 2.40. The van der Waals surface area contributed by atoms with Gasteiger partial charge in [-0.2, -0.15) is 17.6 Å². The van der Waals surface area contributed by atoms with Gasteiger partial charge in [0.15, 0.2) is 5.13 Å². The molecule has 1 aromatic heterocycles. The zero-order chi connectivity index (χ0) is 24.0. The number of benzene rings is 2. The van der Waals surface area contributed by atoms with Crippen LogP contribution < -0.4 is 10.1 Å². The molecular weight excluding hydrogens is 474 g/mol. The summed E-state index contributed by atoms with van der Waals surface area (Å²) in [5, 5.41) is 4.52. The van der Waals surface area contributed by atoms with Gasteiger partial charge in [0.1, 0.15) is 12.4 Å². The predicted octanol–water partition coefficient (Wildman–Crippen LogP) is 6.08. The van der Waals surface area contributed by atoms with E-state index in [9.17, 15) is 31.1 Å². The minimum Gasteiger partial charge on any atom is -0.435 e. The standard InChI is InChI=1S/C21H16F6N2O3S/c22-18(23)21(26,27)11-31-9-12-2-1-3-14(8-12)17(30)29-20-28-16(10-33-20)13-4-6-15(7-5-13)32-19(24)25/h1-8,10,18-19H,9,11H2,(H,28,29,30). The Labute approximate surface area is 188 Å². The Morgan fingerprint density at radius 2 is 1.82 bits per heavy atom. The normalized spacial score (nSPS) is 11.8. The quantitative estimate of drug-likeness (QED) is 0.350. The van der Waals surface area contributed by atoms with Crippen molar-refractivity contribution in [1.82, 2.24) is 4.98 Å². The highest BCUT2D eigenvalue weighted by Crippen LogP contribution is 2.27. The van der Waals surface area contributed by atoms with Gasteiger partial charge in [-0.15, -0.1) is 11.3 Å². The largest absolute Gasteiger partial charge is 0.435 e. The van der Waals surface area contributed by atoms with Crippen molar-refractivity contribution in [3.05, 3.63) is 65.0 Å². The fraction of sp³-hybridized carbons (Fsp3) is 0.238. The van der Waals surface area contributed by atoms with Crippen molar-refractivity contribution in [1.29, 1.82) is 0 Å². The van der Waals surface area contributed by atoms with Crippen molar-refractivity contribution < 1.29 is 40.6 Å². The maximum Gasteiger partial charge on any atom is 0.387 e. The molecule has 1 heterocycles. The second-order valence-corrected chi connectivity index (χ2v) is 7.51. The number of amides is 1. The van der Waals surface area contributed by atoms with Gasteiger partial charge in [-0.1, -0.05) is 12.1 Å². The summed E-state index contributed by atoms with van der Waals surface area (Å²) in [5.41, 5.74) is 1.65. The van der Waals surface area contributed by atoms with Crippen molar-refractivity contribution in [3.63, 3.8) is 0 Å². The number of anilines is 1. The Hall–Kier alpha value is -3.12. The van der Waals surface area contributed by atoms with Crippen LogP contribution in [0, 0.1) is 0 Å². The van der Waals surface area contributed by atoms with Gasteiger partial charge in [-0.3, -0.25) is 10.1 Å². The Bertz CT molecular complexity index is 1080. The van der Waals surface area contributed by atoms with E-state index in [1.165, 1.54) is 36.4 Å². The van der Waals surface area contributed by atoms with E-state index >= 15 is 0 Å². The van der Waals surface area contributed by atoms with Crippen LogP contribution in [0.3, 0.4) is 0 Å². The van der Waals surface area contributed by atoms with Crippen LogP contribution in [0.1, 0.15) is 15.9 Å². The molecule has 3 rings (SSSR count). The summed E-state index contributed by atoms with van der Waals surface area (Å²) >= 11 is 1.13. The fourth-order valence-corrected chi connectivity index (χ4v) is 3.33. The molecule has 0 unspecified atom stereocenters. The number of ether oxygens (including phenoxy) is 2. The van der Waals surface area contributed by atoms with Gasteiger partial charge in [0.25, 0.3) is 5.91 Å². The maximum atomic E-state index is 12.9. The number of carbonyl (C=O) groups excluding carboxylic acids is 1. The number of thiazole rings is 1. The van der Waals surface area contributed by atoms with Crippen LogP contribution in [-0.2, 0) is 11.3 Å². The molecule has 2 aromatic carbocycles. The van der Waals surface area contributed by atoms with E-state index in [1.807, 2.05) is 0 Å². The van der Waals surface area contributed by atoms with Crippen molar-refractivity contribution in [2.24, 2.45) is 0 Å². The van der Waals surface area contributed by atoms with Crippen LogP contribution in [0.2, 0.25) is 0 Å². The van der Waals surface area contributed by atoms with Crippen molar-refractivity contribution in [3.8, 4) is 17.0 Å². The molecule has 0 saturated heterocycles. The van der Waals surface area contributed by atoms with E-state index in [1.54, 1.807) is 17.5 Å². The smallest absolute Gasteiger partial charge is 0.387 e. The Morgan fingerprint density at radius 3 is 2.48 bits per heavy atom. The van der Waals surface area contributed by atoms with Gasteiger partial charge in [-0.25, -0.2) is 13.8 Å². The molecule has 0 bridgehead atoms. The predicted molar refractivity (Wildman–Crippen MR) is 109 cm³/mol. The van der Waals surface area contributed by atoms with E-state index in [4.69, 9.17) is 0 Å². The molecule has 0 fully saturated rings. The molecule has 1 N–H and O–H groups in total. The number of hydrogen-bond donors (Lipinski definition) is 1. The average Bonchev–Trinajstić information content (AvgIpc) is 3.22.